The zero-order valence-electron chi connectivity index (χ0n) is 11.6. The molecule has 2 N–H and O–H groups in total. The fourth-order valence-corrected chi connectivity index (χ4v) is 2.31. The molecule has 0 fully saturated rings. The molecule has 1 unspecified atom stereocenters. The second kappa shape index (κ2) is 5.76. The molecule has 0 saturated heterocycles. The number of halogens is 1. The Kier molecular flexibility index (Phi) is 4.27. The van der Waals surface area contributed by atoms with Gasteiger partial charge in [0.2, 0.25) is 0 Å². The SMILES string of the molecule is CC(N)Cc1c(Cl)cccc1-n1ccc(C(C)C)n1. The molecular weight excluding hydrogens is 258 g/mol. The van der Waals surface area contributed by atoms with Crippen molar-refractivity contribution in [2.75, 3.05) is 0 Å². The molecule has 0 radical (unpaired) electrons. The average molecular weight is 278 g/mol. The van der Waals surface area contributed by atoms with Crippen LogP contribution in [0, 0.1) is 0 Å². The summed E-state index contributed by atoms with van der Waals surface area (Å²) >= 11 is 6.30. The lowest BCUT2D eigenvalue weighted by molar-refractivity contribution is 0.720. The van der Waals surface area contributed by atoms with Crippen molar-refractivity contribution in [2.45, 2.75) is 39.2 Å². The van der Waals surface area contributed by atoms with E-state index in [0.717, 1.165) is 28.4 Å². The lowest BCUT2D eigenvalue weighted by Gasteiger charge is -2.13. The van der Waals surface area contributed by atoms with E-state index >= 15 is 0 Å². The van der Waals surface area contributed by atoms with Gasteiger partial charge in [0.25, 0.3) is 0 Å². The van der Waals surface area contributed by atoms with E-state index in [9.17, 15) is 0 Å². The molecule has 0 amide bonds. The van der Waals surface area contributed by atoms with Crippen LogP contribution < -0.4 is 5.73 Å². The average Bonchev–Trinajstić information content (AvgIpc) is 2.80. The molecule has 0 saturated carbocycles. The van der Waals surface area contributed by atoms with Gasteiger partial charge in [-0.3, -0.25) is 0 Å². The van der Waals surface area contributed by atoms with Gasteiger partial charge in [0.15, 0.2) is 0 Å². The summed E-state index contributed by atoms with van der Waals surface area (Å²) in [6, 6.07) is 7.98. The molecule has 1 aromatic carbocycles. The predicted octanol–water partition coefficient (Wildman–Crippen LogP) is 3.54. The molecule has 2 rings (SSSR count). The van der Waals surface area contributed by atoms with Crippen molar-refractivity contribution in [1.29, 1.82) is 0 Å². The van der Waals surface area contributed by atoms with Gasteiger partial charge in [-0.25, -0.2) is 4.68 Å². The second-order valence-electron chi connectivity index (χ2n) is 5.26. The number of hydrogen-bond donors (Lipinski definition) is 1. The highest BCUT2D eigenvalue weighted by Gasteiger charge is 2.12. The minimum Gasteiger partial charge on any atom is -0.328 e. The number of nitrogens with zero attached hydrogens (tertiary/aromatic N) is 2. The van der Waals surface area contributed by atoms with Crippen LogP contribution in [0.15, 0.2) is 30.5 Å². The van der Waals surface area contributed by atoms with E-state index in [2.05, 4.69) is 18.9 Å². The summed E-state index contributed by atoms with van der Waals surface area (Å²) in [4.78, 5) is 0. The van der Waals surface area contributed by atoms with Crippen LogP contribution >= 0.6 is 11.6 Å². The quantitative estimate of drug-likeness (QED) is 0.929. The molecular formula is C15H20ClN3. The van der Waals surface area contributed by atoms with Crippen LogP contribution in [0.3, 0.4) is 0 Å². The number of aromatic nitrogens is 2. The Bertz CT molecular complexity index is 558. The minimum atomic E-state index is 0.0683. The van der Waals surface area contributed by atoms with Crippen LogP contribution in [0.5, 0.6) is 0 Å². The van der Waals surface area contributed by atoms with Crippen LogP contribution in [0.2, 0.25) is 5.02 Å². The van der Waals surface area contributed by atoms with Crippen LogP contribution in [0.4, 0.5) is 0 Å². The normalized spacial score (nSPS) is 12.9. The maximum atomic E-state index is 6.30. The van der Waals surface area contributed by atoms with E-state index in [1.165, 1.54) is 0 Å². The molecule has 1 heterocycles. The molecule has 1 aromatic heterocycles. The highest BCUT2D eigenvalue weighted by atomic mass is 35.5. The van der Waals surface area contributed by atoms with Crippen LogP contribution in [-0.4, -0.2) is 15.8 Å². The van der Waals surface area contributed by atoms with Gasteiger partial charge >= 0.3 is 0 Å². The van der Waals surface area contributed by atoms with Crippen LogP contribution in [0.1, 0.15) is 37.9 Å². The molecule has 1 atom stereocenters. The molecule has 102 valence electrons. The first-order valence-electron chi connectivity index (χ1n) is 6.58. The van der Waals surface area contributed by atoms with Gasteiger partial charge in [-0.15, -0.1) is 0 Å². The molecule has 3 nitrogen and oxygen atoms in total. The van der Waals surface area contributed by atoms with Crippen LogP contribution in [-0.2, 0) is 6.42 Å². The summed E-state index contributed by atoms with van der Waals surface area (Å²) in [5.74, 6) is 0.414. The number of nitrogens with two attached hydrogens (primary N) is 1. The molecule has 0 aliphatic rings. The van der Waals surface area contributed by atoms with E-state index in [1.807, 2.05) is 42.1 Å². The Morgan fingerprint density at radius 2 is 2.00 bits per heavy atom. The molecule has 0 aliphatic heterocycles. The topological polar surface area (TPSA) is 43.8 Å². The zero-order chi connectivity index (χ0) is 14.0. The lowest BCUT2D eigenvalue weighted by atomic mass is 10.1. The molecule has 0 bridgehead atoms. The third-order valence-electron chi connectivity index (χ3n) is 3.07. The van der Waals surface area contributed by atoms with E-state index < -0.39 is 0 Å². The van der Waals surface area contributed by atoms with Gasteiger partial charge in [0.05, 0.1) is 11.4 Å². The molecule has 2 aromatic rings. The molecule has 19 heavy (non-hydrogen) atoms. The highest BCUT2D eigenvalue weighted by Crippen LogP contribution is 2.25. The van der Waals surface area contributed by atoms with Gasteiger partial charge in [-0.05, 0) is 43.0 Å². The highest BCUT2D eigenvalue weighted by molar-refractivity contribution is 6.31. The maximum Gasteiger partial charge on any atom is 0.0693 e. The zero-order valence-corrected chi connectivity index (χ0v) is 12.4. The summed E-state index contributed by atoms with van der Waals surface area (Å²) < 4.78 is 1.89. The van der Waals surface area contributed by atoms with Gasteiger partial charge in [-0.2, -0.15) is 5.10 Å². The van der Waals surface area contributed by atoms with Crippen molar-refractivity contribution in [2.24, 2.45) is 5.73 Å². The van der Waals surface area contributed by atoms with Crippen molar-refractivity contribution < 1.29 is 0 Å². The smallest absolute Gasteiger partial charge is 0.0693 e. The monoisotopic (exact) mass is 277 g/mol. The van der Waals surface area contributed by atoms with Gasteiger partial charge in [0, 0.05) is 17.3 Å². The first-order chi connectivity index (χ1) is 8.99. The molecule has 0 aliphatic carbocycles. The summed E-state index contributed by atoms with van der Waals surface area (Å²) in [7, 11) is 0. The van der Waals surface area contributed by atoms with Crippen molar-refractivity contribution in [3.8, 4) is 5.69 Å². The maximum absolute atomic E-state index is 6.30. The first-order valence-corrected chi connectivity index (χ1v) is 6.95. The number of benzene rings is 1. The van der Waals surface area contributed by atoms with Crippen molar-refractivity contribution in [3.63, 3.8) is 0 Å². The van der Waals surface area contributed by atoms with Crippen molar-refractivity contribution in [3.05, 3.63) is 46.7 Å². The summed E-state index contributed by atoms with van der Waals surface area (Å²) in [5, 5.41) is 5.35. The first kappa shape index (κ1) is 14.1. The molecule has 0 spiro atoms. The molecule has 4 heteroatoms. The second-order valence-corrected chi connectivity index (χ2v) is 5.67. The van der Waals surface area contributed by atoms with Crippen molar-refractivity contribution >= 4 is 11.6 Å². The Balaban J connectivity index is 2.45. The fourth-order valence-electron chi connectivity index (χ4n) is 2.07. The lowest BCUT2D eigenvalue weighted by Crippen LogP contribution is -2.19. The summed E-state index contributed by atoms with van der Waals surface area (Å²) in [6.45, 7) is 6.25. The van der Waals surface area contributed by atoms with Crippen LogP contribution in [0.25, 0.3) is 5.69 Å². The van der Waals surface area contributed by atoms with E-state index in [1.54, 1.807) is 0 Å². The van der Waals surface area contributed by atoms with Crippen molar-refractivity contribution in [1.82, 2.24) is 9.78 Å². The van der Waals surface area contributed by atoms with Gasteiger partial charge in [-0.1, -0.05) is 31.5 Å². The Morgan fingerprint density at radius 3 is 2.58 bits per heavy atom. The van der Waals surface area contributed by atoms with Gasteiger partial charge in [0.1, 0.15) is 0 Å². The Hall–Kier alpha value is -1.32. The number of hydrogen-bond acceptors (Lipinski definition) is 2. The summed E-state index contributed by atoms with van der Waals surface area (Å²) in [5.41, 5.74) is 9.05. The minimum absolute atomic E-state index is 0.0683. The van der Waals surface area contributed by atoms with E-state index in [4.69, 9.17) is 17.3 Å². The Morgan fingerprint density at radius 1 is 1.26 bits per heavy atom. The standard InChI is InChI=1S/C15H20ClN3/c1-10(2)14-7-8-19(18-14)15-6-4-5-13(16)12(15)9-11(3)17/h4-8,10-11H,9,17H2,1-3H3. The third-order valence-corrected chi connectivity index (χ3v) is 3.42. The fraction of sp³-hybridized carbons (Fsp3) is 0.400. The Labute approximate surface area is 119 Å². The van der Waals surface area contributed by atoms with E-state index in [0.29, 0.717) is 5.92 Å². The largest absolute Gasteiger partial charge is 0.328 e. The summed E-state index contributed by atoms with van der Waals surface area (Å²) in [6.07, 6.45) is 2.72. The predicted molar refractivity (Wildman–Crippen MR) is 80.0 cm³/mol. The third kappa shape index (κ3) is 3.17. The van der Waals surface area contributed by atoms with E-state index in [-0.39, 0.29) is 6.04 Å². The van der Waals surface area contributed by atoms with Gasteiger partial charge < -0.3 is 5.73 Å². The number of rotatable bonds is 4.